The molecule has 0 saturated heterocycles. The Labute approximate surface area is 77.7 Å². The van der Waals surface area contributed by atoms with E-state index in [9.17, 15) is 4.79 Å². The summed E-state index contributed by atoms with van der Waals surface area (Å²) in [5, 5.41) is 9.02. The molecule has 0 bridgehead atoms. The fourth-order valence-corrected chi connectivity index (χ4v) is 1.47. The van der Waals surface area contributed by atoms with E-state index >= 15 is 0 Å². The van der Waals surface area contributed by atoms with Crippen LogP contribution in [0, 0.1) is 6.92 Å². The molecule has 0 aliphatic rings. The SMILES string of the molecule is Cc1csc(=O)c(-n2ccnn2)n1. The molecule has 2 aromatic rings. The van der Waals surface area contributed by atoms with Crippen LogP contribution in [0.2, 0.25) is 0 Å². The van der Waals surface area contributed by atoms with Gasteiger partial charge in [-0.15, -0.1) is 5.10 Å². The van der Waals surface area contributed by atoms with E-state index in [1.54, 1.807) is 11.6 Å². The lowest BCUT2D eigenvalue weighted by Gasteiger charge is -1.96. The molecule has 0 amide bonds. The molecule has 0 fully saturated rings. The summed E-state index contributed by atoms with van der Waals surface area (Å²) in [4.78, 5) is 15.4. The minimum absolute atomic E-state index is 0.115. The summed E-state index contributed by atoms with van der Waals surface area (Å²) in [6.07, 6.45) is 3.10. The summed E-state index contributed by atoms with van der Waals surface area (Å²) in [6, 6.07) is 0. The highest BCUT2D eigenvalue weighted by Crippen LogP contribution is 1.99. The number of nitrogens with zero attached hydrogens (tertiary/aromatic N) is 4. The maximum atomic E-state index is 11.3. The van der Waals surface area contributed by atoms with Gasteiger partial charge in [-0.25, -0.2) is 4.98 Å². The zero-order chi connectivity index (χ0) is 9.26. The van der Waals surface area contributed by atoms with Gasteiger partial charge in [-0.1, -0.05) is 16.6 Å². The zero-order valence-corrected chi connectivity index (χ0v) is 7.65. The summed E-state index contributed by atoms with van der Waals surface area (Å²) in [5.74, 6) is 0.308. The van der Waals surface area contributed by atoms with Gasteiger partial charge in [0, 0.05) is 11.1 Å². The predicted octanol–water partition coefficient (Wildman–Crippen LogP) is 0.392. The molecule has 0 aliphatic carbocycles. The maximum Gasteiger partial charge on any atom is 0.277 e. The second kappa shape index (κ2) is 3.06. The molecule has 0 N–H and O–H groups in total. The smallest absolute Gasteiger partial charge is 0.274 e. The van der Waals surface area contributed by atoms with E-state index in [2.05, 4.69) is 15.3 Å². The van der Waals surface area contributed by atoms with Crippen LogP contribution in [-0.2, 0) is 0 Å². The van der Waals surface area contributed by atoms with Crippen molar-refractivity contribution >= 4 is 11.3 Å². The summed E-state index contributed by atoms with van der Waals surface area (Å²) in [6.45, 7) is 1.83. The summed E-state index contributed by atoms with van der Waals surface area (Å²) >= 11 is 1.11. The molecule has 0 spiro atoms. The molecular weight excluding hydrogens is 188 g/mol. The van der Waals surface area contributed by atoms with Crippen LogP contribution in [0.5, 0.6) is 0 Å². The first-order chi connectivity index (χ1) is 6.27. The van der Waals surface area contributed by atoms with Crippen molar-refractivity contribution in [1.82, 2.24) is 20.0 Å². The van der Waals surface area contributed by atoms with Gasteiger partial charge in [0.25, 0.3) is 4.74 Å². The van der Waals surface area contributed by atoms with Crippen LogP contribution in [0.25, 0.3) is 5.82 Å². The Bertz CT molecular complexity index is 462. The molecule has 0 saturated carbocycles. The molecule has 2 rings (SSSR count). The first-order valence-electron chi connectivity index (χ1n) is 3.60. The standard InChI is InChI=1S/C7H6N4OS/c1-5-4-13-7(12)6(9-5)11-3-2-8-10-11/h2-4H,1H3. The van der Waals surface area contributed by atoms with Crippen molar-refractivity contribution in [2.75, 3.05) is 0 Å². The van der Waals surface area contributed by atoms with Gasteiger partial charge in [0.2, 0.25) is 5.82 Å². The molecule has 0 aliphatic heterocycles. The van der Waals surface area contributed by atoms with Crippen molar-refractivity contribution in [2.45, 2.75) is 6.92 Å². The van der Waals surface area contributed by atoms with Gasteiger partial charge >= 0.3 is 0 Å². The molecule has 6 heteroatoms. The average molecular weight is 194 g/mol. The van der Waals surface area contributed by atoms with Crippen LogP contribution in [-0.4, -0.2) is 20.0 Å². The first-order valence-corrected chi connectivity index (χ1v) is 4.48. The zero-order valence-electron chi connectivity index (χ0n) is 6.84. The van der Waals surface area contributed by atoms with E-state index < -0.39 is 0 Å². The Morgan fingerprint density at radius 2 is 2.38 bits per heavy atom. The molecule has 13 heavy (non-hydrogen) atoms. The highest BCUT2D eigenvalue weighted by Gasteiger charge is 2.04. The number of hydrogen-bond donors (Lipinski definition) is 0. The van der Waals surface area contributed by atoms with Crippen molar-refractivity contribution in [1.29, 1.82) is 0 Å². The average Bonchev–Trinajstić information content (AvgIpc) is 2.61. The third-order valence-electron chi connectivity index (χ3n) is 1.44. The number of aromatic nitrogens is 4. The molecule has 0 unspecified atom stereocenters. The Kier molecular flexibility index (Phi) is 1.90. The lowest BCUT2D eigenvalue weighted by molar-refractivity contribution is 0.776. The Morgan fingerprint density at radius 3 is 3.08 bits per heavy atom. The van der Waals surface area contributed by atoms with Crippen molar-refractivity contribution in [3.05, 3.63) is 33.0 Å². The summed E-state index contributed by atoms with van der Waals surface area (Å²) in [5.41, 5.74) is 0.801. The Hall–Kier alpha value is -1.56. The number of hydrogen-bond acceptors (Lipinski definition) is 5. The minimum Gasteiger partial charge on any atom is -0.274 e. The van der Waals surface area contributed by atoms with Gasteiger partial charge in [-0.2, -0.15) is 4.68 Å². The topological polar surface area (TPSA) is 60.7 Å². The molecule has 2 aromatic heterocycles. The van der Waals surface area contributed by atoms with E-state index in [-0.39, 0.29) is 4.74 Å². The largest absolute Gasteiger partial charge is 0.277 e. The summed E-state index contributed by atoms with van der Waals surface area (Å²) < 4.78 is 1.25. The van der Waals surface area contributed by atoms with Crippen molar-refractivity contribution in [2.24, 2.45) is 0 Å². The van der Waals surface area contributed by atoms with E-state index in [0.717, 1.165) is 17.0 Å². The molecular formula is C7H6N4OS. The van der Waals surface area contributed by atoms with Crippen LogP contribution in [0.15, 0.2) is 22.6 Å². The van der Waals surface area contributed by atoms with Crippen molar-refractivity contribution in [3.63, 3.8) is 0 Å². The molecule has 2 heterocycles. The fraction of sp³-hybridized carbons (Fsp3) is 0.143. The van der Waals surface area contributed by atoms with Crippen molar-refractivity contribution in [3.8, 4) is 5.82 Å². The van der Waals surface area contributed by atoms with Gasteiger partial charge in [0.15, 0.2) is 0 Å². The number of aryl methyl sites for hydroxylation is 1. The molecule has 66 valence electrons. The van der Waals surface area contributed by atoms with E-state index in [1.165, 1.54) is 10.9 Å². The van der Waals surface area contributed by atoms with Crippen LogP contribution in [0.4, 0.5) is 0 Å². The van der Waals surface area contributed by atoms with Gasteiger partial charge < -0.3 is 0 Å². The molecule has 0 radical (unpaired) electrons. The van der Waals surface area contributed by atoms with E-state index in [1.807, 2.05) is 6.92 Å². The number of rotatable bonds is 1. The highest BCUT2D eigenvalue weighted by atomic mass is 32.1. The third-order valence-corrected chi connectivity index (χ3v) is 2.30. The van der Waals surface area contributed by atoms with Gasteiger partial charge in [-0.05, 0) is 6.92 Å². The highest BCUT2D eigenvalue weighted by molar-refractivity contribution is 7.07. The van der Waals surface area contributed by atoms with Crippen LogP contribution in [0.3, 0.4) is 0 Å². The third kappa shape index (κ3) is 1.48. The van der Waals surface area contributed by atoms with Gasteiger partial charge in [-0.3, -0.25) is 4.79 Å². The van der Waals surface area contributed by atoms with E-state index in [0.29, 0.717) is 5.82 Å². The first kappa shape index (κ1) is 8.06. The van der Waals surface area contributed by atoms with Gasteiger partial charge in [0.05, 0.1) is 12.4 Å². The Balaban J connectivity index is 2.64. The van der Waals surface area contributed by atoms with Crippen LogP contribution < -0.4 is 4.74 Å². The summed E-state index contributed by atoms with van der Waals surface area (Å²) in [7, 11) is 0. The van der Waals surface area contributed by atoms with Crippen LogP contribution in [0.1, 0.15) is 5.69 Å². The molecule has 0 atom stereocenters. The maximum absolute atomic E-state index is 11.3. The lowest BCUT2D eigenvalue weighted by Crippen LogP contribution is -2.11. The quantitative estimate of drug-likeness (QED) is 0.659. The second-order valence-corrected chi connectivity index (χ2v) is 3.29. The normalized spacial score (nSPS) is 10.2. The lowest BCUT2D eigenvalue weighted by atomic mass is 10.6. The van der Waals surface area contributed by atoms with Crippen molar-refractivity contribution < 1.29 is 0 Å². The molecule has 5 nitrogen and oxygen atoms in total. The Morgan fingerprint density at radius 1 is 1.54 bits per heavy atom. The second-order valence-electron chi connectivity index (χ2n) is 2.45. The fourth-order valence-electron chi connectivity index (χ4n) is 0.896. The molecule has 0 aromatic carbocycles. The van der Waals surface area contributed by atoms with E-state index in [4.69, 9.17) is 0 Å². The monoisotopic (exact) mass is 194 g/mol. The predicted molar refractivity (Wildman–Crippen MR) is 48.0 cm³/mol. The van der Waals surface area contributed by atoms with Crippen LogP contribution >= 0.6 is 11.3 Å². The minimum atomic E-state index is -0.115. The van der Waals surface area contributed by atoms with Gasteiger partial charge in [0.1, 0.15) is 0 Å².